The molecule has 5 heteroatoms. The average Bonchev–Trinajstić information content (AvgIpc) is 2.36. The molecule has 0 unspecified atom stereocenters. The Hall–Kier alpha value is -1.94. The second-order valence-corrected chi connectivity index (χ2v) is 3.91. The Morgan fingerprint density at radius 1 is 1.06 bits per heavy atom. The fraction of sp³-hybridized carbons (Fsp3) is 0. The van der Waals surface area contributed by atoms with Gasteiger partial charge in [0.05, 0.1) is 5.56 Å². The van der Waals surface area contributed by atoms with E-state index in [2.05, 4.69) is 0 Å². The second kappa shape index (κ2) is 5.14. The summed E-state index contributed by atoms with van der Waals surface area (Å²) in [5, 5.41) is 0.351. The molecule has 0 bridgehead atoms. The summed E-state index contributed by atoms with van der Waals surface area (Å²) < 4.78 is 31.5. The molecule has 0 atom stereocenters. The van der Waals surface area contributed by atoms with Gasteiger partial charge in [-0.05, 0) is 30.3 Å². The Bertz CT molecular complexity index is 600. The number of hydrogen-bond donors (Lipinski definition) is 0. The second-order valence-electron chi connectivity index (χ2n) is 3.48. The summed E-state index contributed by atoms with van der Waals surface area (Å²) in [5.41, 5.74) is 0.158. The number of rotatable bonds is 3. The predicted octanol–water partition coefficient (Wildman–Crippen LogP) is 4.22. The zero-order valence-corrected chi connectivity index (χ0v) is 9.75. The Morgan fingerprint density at radius 2 is 1.83 bits per heavy atom. The lowest BCUT2D eigenvalue weighted by Crippen LogP contribution is -1.93. The standard InChI is InChI=1S/C13H7ClF2O2/c14-9-1-4-12(8(5-9)7-17)18-13-6-10(15)2-3-11(13)16/h1-7H. The molecule has 92 valence electrons. The molecule has 2 aromatic rings. The van der Waals surface area contributed by atoms with E-state index in [1.807, 2.05) is 0 Å². The summed E-state index contributed by atoms with van der Waals surface area (Å²) in [6, 6.07) is 7.10. The maximum atomic E-state index is 13.4. The van der Waals surface area contributed by atoms with Crippen LogP contribution in [0.15, 0.2) is 36.4 Å². The number of carbonyl (C=O) groups excluding carboxylic acids is 1. The highest BCUT2D eigenvalue weighted by molar-refractivity contribution is 6.30. The molecular weight excluding hydrogens is 262 g/mol. The summed E-state index contributed by atoms with van der Waals surface area (Å²) in [5.74, 6) is -1.53. The van der Waals surface area contributed by atoms with E-state index in [0.717, 1.165) is 18.2 Å². The number of benzene rings is 2. The zero-order chi connectivity index (χ0) is 13.1. The normalized spacial score (nSPS) is 10.2. The van der Waals surface area contributed by atoms with Crippen LogP contribution in [0.25, 0.3) is 0 Å². The number of aldehydes is 1. The van der Waals surface area contributed by atoms with E-state index in [0.29, 0.717) is 11.3 Å². The number of ether oxygens (including phenoxy) is 1. The van der Waals surface area contributed by atoms with Crippen molar-refractivity contribution in [3.05, 3.63) is 58.6 Å². The molecule has 18 heavy (non-hydrogen) atoms. The van der Waals surface area contributed by atoms with Gasteiger partial charge in [0.2, 0.25) is 0 Å². The van der Waals surface area contributed by atoms with Crippen molar-refractivity contribution in [1.29, 1.82) is 0 Å². The molecule has 0 aliphatic carbocycles. The van der Waals surface area contributed by atoms with Crippen molar-refractivity contribution in [2.45, 2.75) is 0 Å². The molecule has 0 saturated carbocycles. The van der Waals surface area contributed by atoms with E-state index in [1.54, 1.807) is 0 Å². The van der Waals surface area contributed by atoms with Gasteiger partial charge in [0.25, 0.3) is 0 Å². The number of hydrogen-bond acceptors (Lipinski definition) is 2. The van der Waals surface area contributed by atoms with Crippen molar-refractivity contribution in [2.24, 2.45) is 0 Å². The van der Waals surface area contributed by atoms with Gasteiger partial charge >= 0.3 is 0 Å². The minimum absolute atomic E-state index is 0.110. The van der Waals surface area contributed by atoms with Gasteiger partial charge in [-0.2, -0.15) is 0 Å². The van der Waals surface area contributed by atoms with Gasteiger partial charge < -0.3 is 4.74 Å². The first-order valence-corrected chi connectivity index (χ1v) is 5.35. The molecule has 0 heterocycles. The Morgan fingerprint density at radius 3 is 2.56 bits per heavy atom. The van der Waals surface area contributed by atoms with Crippen LogP contribution in [0.1, 0.15) is 10.4 Å². The number of halogens is 3. The lowest BCUT2D eigenvalue weighted by Gasteiger charge is -2.09. The van der Waals surface area contributed by atoms with Crippen molar-refractivity contribution in [1.82, 2.24) is 0 Å². The van der Waals surface area contributed by atoms with Gasteiger partial charge in [-0.25, -0.2) is 8.78 Å². The molecule has 2 rings (SSSR count). The van der Waals surface area contributed by atoms with Crippen LogP contribution in [0.2, 0.25) is 5.02 Å². The summed E-state index contributed by atoms with van der Waals surface area (Å²) >= 11 is 5.71. The smallest absolute Gasteiger partial charge is 0.166 e. The van der Waals surface area contributed by atoms with Gasteiger partial charge in [-0.15, -0.1) is 0 Å². The Balaban J connectivity index is 2.39. The molecule has 2 nitrogen and oxygen atoms in total. The van der Waals surface area contributed by atoms with Crippen molar-refractivity contribution in [3.63, 3.8) is 0 Å². The van der Waals surface area contributed by atoms with E-state index < -0.39 is 11.6 Å². The minimum Gasteiger partial charge on any atom is -0.453 e. The maximum absolute atomic E-state index is 13.4. The van der Waals surface area contributed by atoms with Crippen molar-refractivity contribution >= 4 is 17.9 Å². The first kappa shape index (κ1) is 12.5. The van der Waals surface area contributed by atoms with E-state index in [-0.39, 0.29) is 17.1 Å². The van der Waals surface area contributed by atoms with E-state index in [1.165, 1.54) is 18.2 Å². The Labute approximate surface area is 107 Å². The van der Waals surface area contributed by atoms with E-state index >= 15 is 0 Å². The fourth-order valence-electron chi connectivity index (χ4n) is 1.38. The average molecular weight is 269 g/mol. The summed E-state index contributed by atoms with van der Waals surface area (Å²) in [7, 11) is 0. The zero-order valence-electron chi connectivity index (χ0n) is 8.99. The predicted molar refractivity (Wildman–Crippen MR) is 63.3 cm³/mol. The number of carbonyl (C=O) groups is 1. The lowest BCUT2D eigenvalue weighted by atomic mass is 10.2. The minimum atomic E-state index is -0.719. The van der Waals surface area contributed by atoms with Crippen LogP contribution < -0.4 is 4.74 Å². The van der Waals surface area contributed by atoms with Crippen LogP contribution in [0.4, 0.5) is 8.78 Å². The van der Waals surface area contributed by atoms with Crippen LogP contribution in [0.5, 0.6) is 11.5 Å². The van der Waals surface area contributed by atoms with Crippen LogP contribution in [-0.4, -0.2) is 6.29 Å². The quantitative estimate of drug-likeness (QED) is 0.779. The fourth-order valence-corrected chi connectivity index (χ4v) is 1.56. The van der Waals surface area contributed by atoms with Crippen LogP contribution in [0, 0.1) is 11.6 Å². The van der Waals surface area contributed by atoms with Crippen molar-refractivity contribution < 1.29 is 18.3 Å². The van der Waals surface area contributed by atoms with Gasteiger partial charge in [-0.1, -0.05) is 11.6 Å². The van der Waals surface area contributed by atoms with E-state index in [9.17, 15) is 13.6 Å². The molecule has 0 aliphatic heterocycles. The third kappa shape index (κ3) is 2.65. The van der Waals surface area contributed by atoms with Gasteiger partial charge in [0.15, 0.2) is 17.9 Å². The summed E-state index contributed by atoms with van der Waals surface area (Å²) in [4.78, 5) is 10.8. The molecule has 0 spiro atoms. The monoisotopic (exact) mass is 268 g/mol. The molecule has 0 radical (unpaired) electrons. The van der Waals surface area contributed by atoms with Crippen molar-refractivity contribution in [3.8, 4) is 11.5 Å². The van der Waals surface area contributed by atoms with E-state index in [4.69, 9.17) is 16.3 Å². The van der Waals surface area contributed by atoms with Gasteiger partial charge in [0.1, 0.15) is 11.6 Å². The van der Waals surface area contributed by atoms with Crippen molar-refractivity contribution in [2.75, 3.05) is 0 Å². The third-order valence-corrected chi connectivity index (χ3v) is 2.45. The highest BCUT2D eigenvalue weighted by Gasteiger charge is 2.10. The molecule has 0 aliphatic rings. The van der Waals surface area contributed by atoms with Crippen LogP contribution in [0.3, 0.4) is 0 Å². The maximum Gasteiger partial charge on any atom is 0.166 e. The van der Waals surface area contributed by atoms with Crippen LogP contribution >= 0.6 is 11.6 Å². The highest BCUT2D eigenvalue weighted by Crippen LogP contribution is 2.29. The molecule has 0 saturated heterocycles. The molecule has 2 aromatic carbocycles. The SMILES string of the molecule is O=Cc1cc(Cl)ccc1Oc1cc(F)ccc1F. The Kier molecular flexibility index (Phi) is 3.58. The largest absolute Gasteiger partial charge is 0.453 e. The third-order valence-electron chi connectivity index (χ3n) is 2.21. The first-order chi connectivity index (χ1) is 8.60. The summed E-state index contributed by atoms with van der Waals surface area (Å²) in [6.07, 6.45) is 0.526. The molecule has 0 N–H and O–H groups in total. The van der Waals surface area contributed by atoms with Gasteiger partial charge in [-0.3, -0.25) is 4.79 Å². The topological polar surface area (TPSA) is 26.3 Å². The first-order valence-electron chi connectivity index (χ1n) is 4.98. The van der Waals surface area contributed by atoms with Crippen LogP contribution in [-0.2, 0) is 0 Å². The summed E-state index contributed by atoms with van der Waals surface area (Å²) in [6.45, 7) is 0. The van der Waals surface area contributed by atoms with Gasteiger partial charge in [0, 0.05) is 11.1 Å². The lowest BCUT2D eigenvalue weighted by molar-refractivity contribution is 0.112. The molecule has 0 aromatic heterocycles. The molecule has 0 fully saturated rings. The highest BCUT2D eigenvalue weighted by atomic mass is 35.5. The molecule has 0 amide bonds. The molecular formula is C13H7ClF2O2.